The second kappa shape index (κ2) is 5.83. The summed E-state index contributed by atoms with van der Waals surface area (Å²) in [6, 6.07) is 6.73. The molecule has 2 N–H and O–H groups in total. The first-order chi connectivity index (χ1) is 11.0. The number of H-pyrrole nitrogens is 1. The molecule has 7 nitrogen and oxygen atoms in total. The number of ether oxygens (including phenoxy) is 2. The van der Waals surface area contributed by atoms with Gasteiger partial charge in [-0.25, -0.2) is 4.79 Å². The minimum absolute atomic E-state index is 0.116. The summed E-state index contributed by atoms with van der Waals surface area (Å²) in [5.74, 6) is 1.80. The van der Waals surface area contributed by atoms with E-state index in [1.807, 2.05) is 25.1 Å². The molecule has 7 heteroatoms. The van der Waals surface area contributed by atoms with Gasteiger partial charge in [0.1, 0.15) is 5.82 Å². The molecule has 0 radical (unpaired) electrons. The summed E-state index contributed by atoms with van der Waals surface area (Å²) in [6.07, 6.45) is 0. The summed E-state index contributed by atoms with van der Waals surface area (Å²) in [5.41, 5.74) is 0.208. The summed E-state index contributed by atoms with van der Waals surface area (Å²) in [7, 11) is 0. The van der Waals surface area contributed by atoms with E-state index in [0.717, 1.165) is 5.56 Å². The van der Waals surface area contributed by atoms with Gasteiger partial charge in [0, 0.05) is 12.1 Å². The third-order valence-electron chi connectivity index (χ3n) is 3.75. The number of anilines is 1. The highest BCUT2D eigenvalue weighted by Crippen LogP contribution is 2.34. The van der Waals surface area contributed by atoms with Gasteiger partial charge in [0.05, 0.1) is 6.04 Å². The predicted octanol–water partition coefficient (Wildman–Crippen LogP) is 2.02. The van der Waals surface area contributed by atoms with Crippen molar-refractivity contribution in [2.24, 2.45) is 0 Å². The van der Waals surface area contributed by atoms with Crippen molar-refractivity contribution in [2.75, 3.05) is 12.1 Å². The maximum absolute atomic E-state index is 12.0. The summed E-state index contributed by atoms with van der Waals surface area (Å²) in [5, 5.41) is 3.13. The van der Waals surface area contributed by atoms with Crippen molar-refractivity contribution in [1.29, 1.82) is 0 Å². The van der Waals surface area contributed by atoms with Crippen LogP contribution in [0.25, 0.3) is 0 Å². The van der Waals surface area contributed by atoms with Crippen molar-refractivity contribution in [1.82, 2.24) is 9.55 Å². The zero-order chi connectivity index (χ0) is 16.6. The Morgan fingerprint density at radius 1 is 1.13 bits per heavy atom. The van der Waals surface area contributed by atoms with Crippen molar-refractivity contribution in [2.45, 2.75) is 32.9 Å². The van der Waals surface area contributed by atoms with Gasteiger partial charge in [0.15, 0.2) is 11.5 Å². The van der Waals surface area contributed by atoms with Crippen LogP contribution in [0, 0.1) is 0 Å². The molecule has 2 aromatic rings. The lowest BCUT2D eigenvalue weighted by Crippen LogP contribution is -2.36. The molecule has 1 aromatic heterocycles. The van der Waals surface area contributed by atoms with Crippen LogP contribution >= 0.6 is 0 Å². The van der Waals surface area contributed by atoms with Crippen LogP contribution in [0.15, 0.2) is 33.9 Å². The number of aromatic amines is 1. The second-order valence-electron chi connectivity index (χ2n) is 5.77. The third-order valence-corrected chi connectivity index (χ3v) is 3.75. The molecule has 1 aliphatic heterocycles. The molecular weight excluding hydrogens is 298 g/mol. The van der Waals surface area contributed by atoms with Gasteiger partial charge in [-0.1, -0.05) is 6.07 Å². The molecule has 1 aliphatic rings. The molecular formula is C16H19N3O4. The van der Waals surface area contributed by atoms with E-state index in [2.05, 4.69) is 10.3 Å². The van der Waals surface area contributed by atoms with Crippen molar-refractivity contribution in [3.63, 3.8) is 0 Å². The lowest BCUT2D eigenvalue weighted by atomic mass is 10.1. The van der Waals surface area contributed by atoms with E-state index in [1.54, 1.807) is 13.8 Å². The molecule has 1 aromatic carbocycles. The standard InChI is InChI=1S/C16H19N3O4/c1-9(2)19-15(20)7-14(18-16(19)21)17-10(3)11-4-5-12-13(6-11)23-8-22-12/h4-7,9-10,17H,8H2,1-3H3,(H,18,21)/t10-/m0/s1. The quantitative estimate of drug-likeness (QED) is 0.901. The number of benzene rings is 1. The molecule has 0 amide bonds. The summed E-state index contributed by atoms with van der Waals surface area (Å²) in [4.78, 5) is 26.7. The zero-order valence-corrected chi connectivity index (χ0v) is 13.3. The Balaban J connectivity index is 1.84. The van der Waals surface area contributed by atoms with Gasteiger partial charge >= 0.3 is 5.69 Å². The van der Waals surface area contributed by atoms with E-state index in [-0.39, 0.29) is 24.4 Å². The molecule has 0 unspecified atom stereocenters. The Morgan fingerprint density at radius 3 is 2.57 bits per heavy atom. The van der Waals surface area contributed by atoms with Gasteiger partial charge in [-0.05, 0) is 38.5 Å². The monoisotopic (exact) mass is 317 g/mol. The van der Waals surface area contributed by atoms with Gasteiger partial charge in [-0.15, -0.1) is 0 Å². The molecule has 0 saturated heterocycles. The van der Waals surface area contributed by atoms with E-state index in [4.69, 9.17) is 9.47 Å². The van der Waals surface area contributed by atoms with Gasteiger partial charge in [-0.2, -0.15) is 0 Å². The Labute approximate surface area is 132 Å². The molecule has 0 spiro atoms. The Hall–Kier alpha value is -2.70. The van der Waals surface area contributed by atoms with E-state index >= 15 is 0 Å². The Bertz CT molecular complexity index is 807. The summed E-state index contributed by atoms with van der Waals surface area (Å²) < 4.78 is 11.8. The van der Waals surface area contributed by atoms with Crippen LogP contribution < -0.4 is 26.0 Å². The number of hydrogen-bond donors (Lipinski definition) is 2. The summed E-state index contributed by atoms with van der Waals surface area (Å²) >= 11 is 0. The van der Waals surface area contributed by atoms with Gasteiger partial charge in [-0.3, -0.25) is 14.3 Å². The molecule has 0 fully saturated rings. The summed E-state index contributed by atoms with van der Waals surface area (Å²) in [6.45, 7) is 5.74. The molecule has 3 rings (SSSR count). The molecule has 1 atom stereocenters. The van der Waals surface area contributed by atoms with E-state index < -0.39 is 5.69 Å². The van der Waals surface area contributed by atoms with E-state index in [9.17, 15) is 9.59 Å². The van der Waals surface area contributed by atoms with Gasteiger partial charge < -0.3 is 14.8 Å². The maximum atomic E-state index is 12.0. The highest BCUT2D eigenvalue weighted by Gasteiger charge is 2.16. The molecule has 2 heterocycles. The minimum Gasteiger partial charge on any atom is -0.454 e. The van der Waals surface area contributed by atoms with Crippen LogP contribution in [0.5, 0.6) is 11.5 Å². The fourth-order valence-electron chi connectivity index (χ4n) is 2.57. The average Bonchev–Trinajstić information content (AvgIpc) is 2.93. The van der Waals surface area contributed by atoms with Crippen LogP contribution in [0.3, 0.4) is 0 Å². The number of hydrogen-bond acceptors (Lipinski definition) is 5. The number of fused-ring (bicyclic) bond motifs is 1. The fourth-order valence-corrected chi connectivity index (χ4v) is 2.57. The number of nitrogens with zero attached hydrogens (tertiary/aromatic N) is 1. The highest BCUT2D eigenvalue weighted by atomic mass is 16.7. The molecule has 122 valence electrons. The average molecular weight is 317 g/mol. The molecule has 0 aliphatic carbocycles. The molecule has 0 bridgehead atoms. The topological polar surface area (TPSA) is 85.3 Å². The van der Waals surface area contributed by atoms with Crippen molar-refractivity contribution < 1.29 is 9.47 Å². The predicted molar refractivity (Wildman–Crippen MR) is 86.3 cm³/mol. The number of nitrogens with one attached hydrogen (secondary N) is 2. The lowest BCUT2D eigenvalue weighted by Gasteiger charge is -2.16. The van der Waals surface area contributed by atoms with Gasteiger partial charge in [0.25, 0.3) is 5.56 Å². The minimum atomic E-state index is -0.423. The van der Waals surface area contributed by atoms with Crippen LogP contribution in [0.1, 0.15) is 38.4 Å². The van der Waals surface area contributed by atoms with Gasteiger partial charge in [0.2, 0.25) is 6.79 Å². The maximum Gasteiger partial charge on any atom is 0.330 e. The smallest absolute Gasteiger partial charge is 0.330 e. The van der Waals surface area contributed by atoms with Crippen LogP contribution in [-0.2, 0) is 0 Å². The normalized spacial score (nSPS) is 14.1. The van der Waals surface area contributed by atoms with Crippen molar-refractivity contribution in [3.05, 3.63) is 50.7 Å². The second-order valence-corrected chi connectivity index (χ2v) is 5.77. The first-order valence-electron chi connectivity index (χ1n) is 7.47. The lowest BCUT2D eigenvalue weighted by molar-refractivity contribution is 0.174. The fraction of sp³-hybridized carbons (Fsp3) is 0.375. The van der Waals surface area contributed by atoms with Crippen molar-refractivity contribution in [3.8, 4) is 11.5 Å². The number of rotatable bonds is 4. The molecule has 0 saturated carbocycles. The van der Waals surface area contributed by atoms with Crippen molar-refractivity contribution >= 4 is 5.82 Å². The van der Waals surface area contributed by atoms with Crippen LogP contribution in [0.4, 0.5) is 5.82 Å². The van der Waals surface area contributed by atoms with E-state index in [0.29, 0.717) is 17.3 Å². The Kier molecular flexibility index (Phi) is 3.85. The first-order valence-corrected chi connectivity index (χ1v) is 7.47. The first kappa shape index (κ1) is 15.2. The van der Waals surface area contributed by atoms with Crippen LogP contribution in [0.2, 0.25) is 0 Å². The van der Waals surface area contributed by atoms with Crippen LogP contribution in [-0.4, -0.2) is 16.3 Å². The largest absolute Gasteiger partial charge is 0.454 e. The highest BCUT2D eigenvalue weighted by molar-refractivity contribution is 5.47. The third kappa shape index (κ3) is 2.94. The SMILES string of the molecule is CC(C)n1c(=O)cc(N[C@@H](C)c2ccc3c(c2)OCO3)[nH]c1=O. The van der Waals surface area contributed by atoms with E-state index in [1.165, 1.54) is 10.6 Å². The number of aromatic nitrogens is 2. The zero-order valence-electron chi connectivity index (χ0n) is 13.3. The Morgan fingerprint density at radius 2 is 1.87 bits per heavy atom. The molecule has 23 heavy (non-hydrogen) atoms.